The molecule has 2 atom stereocenters. The summed E-state index contributed by atoms with van der Waals surface area (Å²) in [5.74, 6) is 1.08. The van der Waals surface area contributed by atoms with E-state index in [1.54, 1.807) is 0 Å². The van der Waals surface area contributed by atoms with Crippen LogP contribution < -0.4 is 10.6 Å². The quantitative estimate of drug-likeness (QED) is 0.868. The predicted molar refractivity (Wildman–Crippen MR) is 74.2 cm³/mol. The summed E-state index contributed by atoms with van der Waals surface area (Å²) in [6.07, 6.45) is 2.02. The first-order valence-corrected chi connectivity index (χ1v) is 6.77. The maximum absolute atomic E-state index is 12.4. The van der Waals surface area contributed by atoms with Gasteiger partial charge in [0, 0.05) is 24.7 Å². The first kappa shape index (κ1) is 13.1. The van der Waals surface area contributed by atoms with Crippen LogP contribution in [-0.4, -0.2) is 12.5 Å². The normalized spacial score (nSPS) is 21.7. The zero-order chi connectivity index (χ0) is 13.1. The minimum atomic E-state index is 0.241. The molecule has 1 saturated carbocycles. The van der Waals surface area contributed by atoms with E-state index >= 15 is 0 Å². The Morgan fingerprint density at radius 3 is 2.44 bits per heavy atom. The number of amides is 1. The lowest BCUT2D eigenvalue weighted by atomic mass is 10.1. The van der Waals surface area contributed by atoms with E-state index in [0.717, 1.165) is 30.6 Å². The minimum absolute atomic E-state index is 0.241. The Labute approximate surface area is 109 Å². The number of hydrogen-bond acceptors (Lipinski definition) is 2. The average molecular weight is 246 g/mol. The van der Waals surface area contributed by atoms with Gasteiger partial charge < -0.3 is 10.6 Å². The molecule has 0 radical (unpaired) electrons. The minimum Gasteiger partial charge on any atom is -0.326 e. The number of carbonyl (C=O) groups excluding carboxylic acids is 1. The van der Waals surface area contributed by atoms with Crippen molar-refractivity contribution in [3.05, 3.63) is 29.8 Å². The average Bonchev–Trinajstić information content (AvgIpc) is 3.13. The van der Waals surface area contributed by atoms with Crippen molar-refractivity contribution in [1.29, 1.82) is 0 Å². The highest BCUT2D eigenvalue weighted by molar-refractivity contribution is 5.96. The Bertz CT molecular complexity index is 413. The third-order valence-corrected chi connectivity index (χ3v) is 3.62. The maximum Gasteiger partial charge on any atom is 0.230 e. The third kappa shape index (κ3) is 2.72. The van der Waals surface area contributed by atoms with E-state index in [9.17, 15) is 4.79 Å². The highest BCUT2D eigenvalue weighted by Gasteiger charge is 2.41. The molecule has 2 unspecified atom stereocenters. The SMILES string of the molecule is CCCN(C(=O)C1CC1C)c1ccc(CN)cc1. The summed E-state index contributed by atoms with van der Waals surface area (Å²) >= 11 is 0. The fourth-order valence-electron chi connectivity index (χ4n) is 2.27. The summed E-state index contributed by atoms with van der Waals surface area (Å²) in [5.41, 5.74) is 7.69. The van der Waals surface area contributed by atoms with Gasteiger partial charge in [-0.25, -0.2) is 0 Å². The molecule has 3 nitrogen and oxygen atoms in total. The molecule has 0 aromatic heterocycles. The lowest BCUT2D eigenvalue weighted by molar-refractivity contribution is -0.120. The van der Waals surface area contributed by atoms with Crippen molar-refractivity contribution >= 4 is 11.6 Å². The van der Waals surface area contributed by atoms with Crippen molar-refractivity contribution in [2.24, 2.45) is 17.6 Å². The molecule has 0 saturated heterocycles. The van der Waals surface area contributed by atoms with Crippen LogP contribution in [0.2, 0.25) is 0 Å². The Hall–Kier alpha value is -1.35. The van der Waals surface area contributed by atoms with E-state index in [0.29, 0.717) is 12.5 Å². The summed E-state index contributed by atoms with van der Waals surface area (Å²) in [7, 11) is 0. The summed E-state index contributed by atoms with van der Waals surface area (Å²) in [6.45, 7) is 5.58. The van der Waals surface area contributed by atoms with Crippen LogP contribution in [0.1, 0.15) is 32.3 Å². The lowest BCUT2D eigenvalue weighted by Crippen LogP contribution is -2.33. The molecule has 1 amide bonds. The van der Waals surface area contributed by atoms with Gasteiger partial charge in [0.15, 0.2) is 0 Å². The zero-order valence-electron chi connectivity index (χ0n) is 11.2. The van der Waals surface area contributed by atoms with E-state index in [-0.39, 0.29) is 11.8 Å². The van der Waals surface area contributed by atoms with Gasteiger partial charge in [-0.3, -0.25) is 4.79 Å². The number of nitrogens with two attached hydrogens (primary N) is 1. The van der Waals surface area contributed by atoms with Gasteiger partial charge in [-0.05, 0) is 36.5 Å². The van der Waals surface area contributed by atoms with Crippen molar-refractivity contribution in [3.63, 3.8) is 0 Å². The molecule has 1 aromatic rings. The molecule has 0 bridgehead atoms. The molecule has 2 N–H and O–H groups in total. The lowest BCUT2D eigenvalue weighted by Gasteiger charge is -2.22. The molecule has 0 aliphatic heterocycles. The molecule has 18 heavy (non-hydrogen) atoms. The van der Waals surface area contributed by atoms with Crippen LogP contribution >= 0.6 is 0 Å². The monoisotopic (exact) mass is 246 g/mol. The van der Waals surface area contributed by atoms with Crippen LogP contribution in [0, 0.1) is 11.8 Å². The zero-order valence-corrected chi connectivity index (χ0v) is 11.2. The van der Waals surface area contributed by atoms with Crippen molar-refractivity contribution in [3.8, 4) is 0 Å². The van der Waals surface area contributed by atoms with Gasteiger partial charge in [0.25, 0.3) is 0 Å². The summed E-state index contributed by atoms with van der Waals surface area (Å²) in [5, 5.41) is 0. The fourth-order valence-corrected chi connectivity index (χ4v) is 2.27. The Morgan fingerprint density at radius 1 is 1.39 bits per heavy atom. The van der Waals surface area contributed by atoms with E-state index in [4.69, 9.17) is 5.73 Å². The van der Waals surface area contributed by atoms with Crippen molar-refractivity contribution < 1.29 is 4.79 Å². The van der Waals surface area contributed by atoms with Gasteiger partial charge in [0.2, 0.25) is 5.91 Å². The second-order valence-electron chi connectivity index (χ2n) is 5.18. The Morgan fingerprint density at radius 2 is 2.00 bits per heavy atom. The Balaban J connectivity index is 2.15. The predicted octanol–water partition coefficient (Wildman–Crippen LogP) is 2.54. The molecule has 0 heterocycles. The molecule has 98 valence electrons. The molecular formula is C15H22N2O. The van der Waals surface area contributed by atoms with Crippen LogP contribution in [-0.2, 0) is 11.3 Å². The van der Waals surface area contributed by atoms with Gasteiger partial charge in [0.1, 0.15) is 0 Å². The summed E-state index contributed by atoms with van der Waals surface area (Å²) < 4.78 is 0. The molecule has 1 aliphatic carbocycles. The third-order valence-electron chi connectivity index (χ3n) is 3.62. The smallest absolute Gasteiger partial charge is 0.230 e. The van der Waals surface area contributed by atoms with Crippen molar-refractivity contribution in [1.82, 2.24) is 0 Å². The van der Waals surface area contributed by atoms with Gasteiger partial charge in [-0.15, -0.1) is 0 Å². The van der Waals surface area contributed by atoms with Crippen LogP contribution in [0.4, 0.5) is 5.69 Å². The highest BCUT2D eigenvalue weighted by atomic mass is 16.2. The van der Waals surface area contributed by atoms with E-state index in [1.165, 1.54) is 0 Å². The Kier molecular flexibility index (Phi) is 4.02. The van der Waals surface area contributed by atoms with Crippen LogP contribution in [0.15, 0.2) is 24.3 Å². The van der Waals surface area contributed by atoms with Gasteiger partial charge in [-0.1, -0.05) is 26.0 Å². The van der Waals surface area contributed by atoms with Crippen LogP contribution in [0.3, 0.4) is 0 Å². The summed E-state index contributed by atoms with van der Waals surface area (Å²) in [4.78, 5) is 14.3. The first-order valence-electron chi connectivity index (χ1n) is 6.77. The molecule has 2 rings (SSSR count). The molecule has 3 heteroatoms. The van der Waals surface area contributed by atoms with E-state index < -0.39 is 0 Å². The fraction of sp³-hybridized carbons (Fsp3) is 0.533. The highest BCUT2D eigenvalue weighted by Crippen LogP contribution is 2.40. The van der Waals surface area contributed by atoms with Crippen LogP contribution in [0.5, 0.6) is 0 Å². The topological polar surface area (TPSA) is 46.3 Å². The number of rotatable bonds is 5. The molecule has 1 aromatic carbocycles. The number of nitrogens with zero attached hydrogens (tertiary/aromatic N) is 1. The summed E-state index contributed by atoms with van der Waals surface area (Å²) in [6, 6.07) is 8.01. The van der Waals surface area contributed by atoms with Gasteiger partial charge >= 0.3 is 0 Å². The largest absolute Gasteiger partial charge is 0.326 e. The molecule has 1 fully saturated rings. The van der Waals surface area contributed by atoms with Gasteiger partial charge in [-0.2, -0.15) is 0 Å². The number of carbonyl (C=O) groups is 1. The first-order chi connectivity index (χ1) is 8.67. The number of hydrogen-bond donors (Lipinski definition) is 1. The number of anilines is 1. The van der Waals surface area contributed by atoms with Gasteiger partial charge in [0.05, 0.1) is 0 Å². The molecule has 1 aliphatic rings. The van der Waals surface area contributed by atoms with E-state index in [1.807, 2.05) is 29.2 Å². The number of benzene rings is 1. The second kappa shape index (κ2) is 5.53. The van der Waals surface area contributed by atoms with Crippen molar-refractivity contribution in [2.45, 2.75) is 33.2 Å². The standard InChI is InChI=1S/C15H22N2O/c1-3-8-17(15(18)14-9-11(14)2)13-6-4-12(10-16)5-7-13/h4-7,11,14H,3,8-10,16H2,1-2H3. The maximum atomic E-state index is 12.4. The second-order valence-corrected chi connectivity index (χ2v) is 5.18. The van der Waals surface area contributed by atoms with E-state index in [2.05, 4.69) is 13.8 Å². The molecule has 0 spiro atoms. The van der Waals surface area contributed by atoms with Crippen LogP contribution in [0.25, 0.3) is 0 Å². The molecular weight excluding hydrogens is 224 g/mol. The van der Waals surface area contributed by atoms with Crippen molar-refractivity contribution in [2.75, 3.05) is 11.4 Å².